The molecular weight excluding hydrogens is 280 g/mol. The van der Waals surface area contributed by atoms with E-state index in [2.05, 4.69) is 23.7 Å². The van der Waals surface area contributed by atoms with E-state index in [1.165, 1.54) is 12.8 Å². The lowest BCUT2D eigenvalue weighted by molar-refractivity contribution is -0.124. The fourth-order valence-corrected chi connectivity index (χ4v) is 4.14. The molecule has 0 aromatic carbocycles. The molecule has 1 heterocycles. The van der Waals surface area contributed by atoms with Crippen molar-refractivity contribution in [1.82, 2.24) is 9.88 Å². The van der Waals surface area contributed by atoms with Crippen molar-refractivity contribution in [2.45, 2.75) is 25.3 Å². The van der Waals surface area contributed by atoms with Gasteiger partial charge >= 0.3 is 0 Å². The van der Waals surface area contributed by atoms with E-state index < -0.39 is 0 Å². The highest BCUT2D eigenvalue weighted by Gasteiger charge is 2.35. The van der Waals surface area contributed by atoms with Crippen LogP contribution in [0.15, 0.2) is 36.7 Å². The molecule has 4 heteroatoms. The molecule has 1 aromatic heterocycles. The number of allylic oxidation sites excluding steroid dienone is 2. The predicted octanol–water partition coefficient (Wildman–Crippen LogP) is 3.11. The molecule has 0 radical (unpaired) electrons. The molecule has 0 aliphatic heterocycles. The van der Waals surface area contributed by atoms with Gasteiger partial charge in [-0.25, -0.2) is 0 Å². The average Bonchev–Trinajstić information content (AvgIpc) is 3.22. The number of thioether (sulfide) groups is 1. The molecule has 0 saturated heterocycles. The molecule has 2 aliphatic rings. The van der Waals surface area contributed by atoms with Crippen molar-refractivity contribution in [2.24, 2.45) is 17.8 Å². The number of nitrogens with one attached hydrogen (secondary N) is 1. The van der Waals surface area contributed by atoms with Gasteiger partial charge in [0.25, 0.3) is 0 Å². The summed E-state index contributed by atoms with van der Waals surface area (Å²) in [7, 11) is 0. The van der Waals surface area contributed by atoms with E-state index in [9.17, 15) is 4.79 Å². The molecule has 114 valence electrons. The first-order valence-corrected chi connectivity index (χ1v) is 9.24. The summed E-state index contributed by atoms with van der Waals surface area (Å²) in [4.78, 5) is 12.6. The lowest BCUT2D eigenvalue weighted by Gasteiger charge is -2.22. The second kappa shape index (κ2) is 6.73. The van der Waals surface area contributed by atoms with Crippen LogP contribution in [0.5, 0.6) is 0 Å². The number of nitrogens with zero attached hydrogens (tertiary/aromatic N) is 1. The minimum atomic E-state index is -0.0680. The smallest absolute Gasteiger partial charge is 0.243 e. The standard InChI is InChI=1S/C17H24N2OS/c1-21-9-6-16(19-7-2-3-8-19)17(20)18-12-15-11-13-4-5-14(15)10-13/h2-5,7-8,13-16H,6,9-12H2,1H3,(H,18,20)/t13?,14?,15?,16-/m1/s1. The Morgan fingerprint density at radius 2 is 2.14 bits per heavy atom. The molecule has 3 nitrogen and oxygen atoms in total. The zero-order chi connectivity index (χ0) is 14.7. The van der Waals surface area contributed by atoms with Gasteiger partial charge in [-0.15, -0.1) is 0 Å². The van der Waals surface area contributed by atoms with Gasteiger partial charge in [0.2, 0.25) is 5.91 Å². The molecule has 0 spiro atoms. The van der Waals surface area contributed by atoms with Gasteiger partial charge in [0, 0.05) is 18.9 Å². The maximum atomic E-state index is 12.6. The lowest BCUT2D eigenvalue weighted by Crippen LogP contribution is -2.36. The SMILES string of the molecule is CSCC[C@H](C(=O)NCC1CC2C=CC1C2)n1cccc1. The molecule has 2 bridgehead atoms. The average molecular weight is 304 g/mol. The Hall–Kier alpha value is -1.16. The summed E-state index contributed by atoms with van der Waals surface area (Å²) in [6, 6.07) is 3.90. The molecule has 3 unspecified atom stereocenters. The van der Waals surface area contributed by atoms with Gasteiger partial charge < -0.3 is 9.88 Å². The van der Waals surface area contributed by atoms with Gasteiger partial charge in [0.05, 0.1) is 0 Å². The Morgan fingerprint density at radius 3 is 2.76 bits per heavy atom. The summed E-state index contributed by atoms with van der Waals surface area (Å²) in [5.74, 6) is 3.30. The minimum absolute atomic E-state index is 0.0680. The molecule has 1 fully saturated rings. The number of aromatic nitrogens is 1. The quantitative estimate of drug-likeness (QED) is 0.785. The third-order valence-corrected chi connectivity index (χ3v) is 5.48. The Bertz CT molecular complexity index is 497. The first kappa shape index (κ1) is 14.8. The fraction of sp³-hybridized carbons (Fsp3) is 0.588. The highest BCUT2D eigenvalue weighted by Crippen LogP contribution is 2.42. The molecule has 1 amide bonds. The van der Waals surface area contributed by atoms with Crippen LogP contribution in [-0.4, -0.2) is 29.0 Å². The number of carbonyl (C=O) groups excluding carboxylic acids is 1. The van der Waals surface area contributed by atoms with Crippen LogP contribution >= 0.6 is 11.8 Å². The van der Waals surface area contributed by atoms with E-state index >= 15 is 0 Å². The maximum Gasteiger partial charge on any atom is 0.243 e. The summed E-state index contributed by atoms with van der Waals surface area (Å²) >= 11 is 1.80. The third kappa shape index (κ3) is 3.37. The van der Waals surface area contributed by atoms with Crippen molar-refractivity contribution in [3.8, 4) is 0 Å². The van der Waals surface area contributed by atoms with Gasteiger partial charge in [-0.2, -0.15) is 11.8 Å². The zero-order valence-electron chi connectivity index (χ0n) is 12.6. The highest BCUT2D eigenvalue weighted by atomic mass is 32.2. The van der Waals surface area contributed by atoms with Gasteiger partial charge in [-0.3, -0.25) is 4.79 Å². The molecule has 21 heavy (non-hydrogen) atoms. The van der Waals surface area contributed by atoms with E-state index in [-0.39, 0.29) is 11.9 Å². The highest BCUT2D eigenvalue weighted by molar-refractivity contribution is 7.98. The van der Waals surface area contributed by atoms with E-state index in [0.29, 0.717) is 11.8 Å². The van der Waals surface area contributed by atoms with Crippen molar-refractivity contribution in [1.29, 1.82) is 0 Å². The van der Waals surface area contributed by atoms with E-state index in [0.717, 1.165) is 24.6 Å². The van der Waals surface area contributed by atoms with Crippen molar-refractivity contribution >= 4 is 17.7 Å². The Kier molecular flexibility index (Phi) is 4.73. The fourth-order valence-electron chi connectivity index (χ4n) is 3.68. The number of hydrogen-bond donors (Lipinski definition) is 1. The second-order valence-electron chi connectivity index (χ2n) is 6.21. The number of fused-ring (bicyclic) bond motifs is 2. The first-order valence-electron chi connectivity index (χ1n) is 7.85. The van der Waals surface area contributed by atoms with Gasteiger partial charge in [0.1, 0.15) is 6.04 Å². The Morgan fingerprint density at radius 1 is 1.33 bits per heavy atom. The van der Waals surface area contributed by atoms with Crippen molar-refractivity contribution in [3.05, 3.63) is 36.7 Å². The number of amides is 1. The molecule has 3 rings (SSSR count). The number of carbonyl (C=O) groups is 1. The lowest BCUT2D eigenvalue weighted by atomic mass is 9.93. The minimum Gasteiger partial charge on any atom is -0.354 e. The Balaban J connectivity index is 1.55. The van der Waals surface area contributed by atoms with Crippen LogP contribution in [0, 0.1) is 17.8 Å². The topological polar surface area (TPSA) is 34.0 Å². The molecule has 2 aliphatic carbocycles. The molecule has 1 saturated carbocycles. The van der Waals surface area contributed by atoms with E-state index in [1.807, 2.05) is 29.1 Å². The predicted molar refractivity (Wildman–Crippen MR) is 88.3 cm³/mol. The Labute approximate surface area is 131 Å². The van der Waals surface area contributed by atoms with Crippen LogP contribution in [0.4, 0.5) is 0 Å². The monoisotopic (exact) mass is 304 g/mol. The van der Waals surface area contributed by atoms with Gasteiger partial charge in [-0.1, -0.05) is 12.2 Å². The van der Waals surface area contributed by atoms with Crippen LogP contribution in [0.25, 0.3) is 0 Å². The van der Waals surface area contributed by atoms with Crippen LogP contribution in [0.3, 0.4) is 0 Å². The molecule has 4 atom stereocenters. The molecule has 1 aromatic rings. The van der Waals surface area contributed by atoms with Crippen LogP contribution < -0.4 is 5.32 Å². The zero-order valence-corrected chi connectivity index (χ0v) is 13.4. The maximum absolute atomic E-state index is 12.6. The largest absolute Gasteiger partial charge is 0.354 e. The molecule has 1 N–H and O–H groups in total. The van der Waals surface area contributed by atoms with Crippen molar-refractivity contribution in [3.63, 3.8) is 0 Å². The number of rotatable bonds is 7. The third-order valence-electron chi connectivity index (χ3n) is 4.84. The van der Waals surface area contributed by atoms with E-state index in [1.54, 1.807) is 11.8 Å². The van der Waals surface area contributed by atoms with Gasteiger partial charge in [0.15, 0.2) is 0 Å². The van der Waals surface area contributed by atoms with Crippen LogP contribution in [0.1, 0.15) is 25.3 Å². The summed E-state index contributed by atoms with van der Waals surface area (Å²) in [6.07, 6.45) is 14.2. The normalized spacial score (nSPS) is 28.0. The van der Waals surface area contributed by atoms with Crippen molar-refractivity contribution < 1.29 is 4.79 Å². The molecular formula is C17H24N2OS. The summed E-state index contributed by atoms with van der Waals surface area (Å²) in [5.41, 5.74) is 0. The second-order valence-corrected chi connectivity index (χ2v) is 7.20. The number of hydrogen-bond acceptors (Lipinski definition) is 2. The summed E-state index contributed by atoms with van der Waals surface area (Å²) in [5, 5.41) is 3.20. The van der Waals surface area contributed by atoms with Crippen LogP contribution in [0.2, 0.25) is 0 Å². The van der Waals surface area contributed by atoms with Gasteiger partial charge in [-0.05, 0) is 61.2 Å². The van der Waals surface area contributed by atoms with E-state index in [4.69, 9.17) is 0 Å². The van der Waals surface area contributed by atoms with Crippen molar-refractivity contribution in [2.75, 3.05) is 18.6 Å². The summed E-state index contributed by atoms with van der Waals surface area (Å²) in [6.45, 7) is 0.835. The summed E-state index contributed by atoms with van der Waals surface area (Å²) < 4.78 is 2.03. The van der Waals surface area contributed by atoms with Crippen LogP contribution in [-0.2, 0) is 4.79 Å². The first-order chi connectivity index (χ1) is 10.3.